The van der Waals surface area contributed by atoms with Gasteiger partial charge < -0.3 is 0 Å². The third-order valence-corrected chi connectivity index (χ3v) is 1.14. The number of halogens is 1. The van der Waals surface area contributed by atoms with Crippen LogP contribution in [0.4, 0.5) is 10.3 Å². The molecular formula is C6H8FN2+. The number of nitrogens with zero attached hydrogens (tertiary/aromatic N) is 1. The van der Waals surface area contributed by atoms with Gasteiger partial charge in [-0.25, -0.2) is 0 Å². The van der Waals surface area contributed by atoms with Gasteiger partial charge in [0.25, 0.3) is 0 Å². The van der Waals surface area contributed by atoms with Crippen LogP contribution in [0.15, 0.2) is 18.2 Å². The van der Waals surface area contributed by atoms with Crippen molar-refractivity contribution in [2.75, 3.05) is 5.73 Å². The SMILES string of the molecule is Cc1cccc(N)[n+]1F. The van der Waals surface area contributed by atoms with Crippen molar-refractivity contribution in [1.29, 1.82) is 0 Å². The van der Waals surface area contributed by atoms with Crippen molar-refractivity contribution < 1.29 is 9.27 Å². The second-order valence-corrected chi connectivity index (χ2v) is 1.87. The van der Waals surface area contributed by atoms with Crippen LogP contribution in [0.3, 0.4) is 0 Å². The standard InChI is InChI=1S/C6H7FN2/c1-5-3-2-4-6(8)9(5)7/h2-4,8H,1H3/p+1. The molecule has 9 heavy (non-hydrogen) atoms. The van der Waals surface area contributed by atoms with Crippen LogP contribution < -0.4 is 10.5 Å². The average Bonchev–Trinajstić information content (AvgIpc) is 1.83. The van der Waals surface area contributed by atoms with E-state index in [9.17, 15) is 4.48 Å². The van der Waals surface area contributed by atoms with Crippen LogP contribution in [0, 0.1) is 6.92 Å². The van der Waals surface area contributed by atoms with E-state index in [2.05, 4.69) is 0 Å². The zero-order valence-corrected chi connectivity index (χ0v) is 5.13. The molecule has 0 aliphatic heterocycles. The van der Waals surface area contributed by atoms with Gasteiger partial charge in [0.2, 0.25) is 0 Å². The second kappa shape index (κ2) is 2.01. The van der Waals surface area contributed by atoms with Crippen LogP contribution in [-0.4, -0.2) is 0 Å². The predicted molar refractivity (Wildman–Crippen MR) is 32.3 cm³/mol. The van der Waals surface area contributed by atoms with Gasteiger partial charge in [0.05, 0.1) is 0 Å². The maximum atomic E-state index is 12.5. The smallest absolute Gasteiger partial charge is 0.284 e. The number of hydrogen-bond acceptors (Lipinski definition) is 1. The van der Waals surface area contributed by atoms with E-state index in [1.165, 1.54) is 6.07 Å². The Balaban J connectivity index is 3.25. The third kappa shape index (κ3) is 0.988. The molecule has 1 aromatic rings. The van der Waals surface area contributed by atoms with Crippen molar-refractivity contribution in [2.24, 2.45) is 0 Å². The molecule has 1 heterocycles. The Morgan fingerprint density at radius 3 is 2.67 bits per heavy atom. The normalized spacial score (nSPS) is 9.56. The molecule has 0 saturated carbocycles. The summed E-state index contributed by atoms with van der Waals surface area (Å²) in [6.07, 6.45) is 0. The van der Waals surface area contributed by atoms with Gasteiger partial charge in [-0.3, -0.25) is 5.73 Å². The monoisotopic (exact) mass is 127 g/mol. The van der Waals surface area contributed by atoms with Crippen molar-refractivity contribution in [1.82, 2.24) is 0 Å². The van der Waals surface area contributed by atoms with Gasteiger partial charge in [0.1, 0.15) is 5.69 Å². The minimum absolute atomic E-state index is 0.134. The number of aryl methyl sites for hydroxylation is 1. The largest absolute Gasteiger partial charge is 0.308 e. The van der Waals surface area contributed by atoms with Gasteiger partial charge in [-0.05, 0) is 10.9 Å². The highest BCUT2D eigenvalue weighted by atomic mass is 19.2. The summed E-state index contributed by atoms with van der Waals surface area (Å²) >= 11 is 0. The molecule has 0 spiro atoms. The number of pyridine rings is 1. The number of hydrogen-bond donors (Lipinski definition) is 1. The Labute approximate surface area is 52.7 Å². The van der Waals surface area contributed by atoms with Crippen LogP contribution in [-0.2, 0) is 0 Å². The van der Waals surface area contributed by atoms with E-state index in [-0.39, 0.29) is 5.82 Å². The molecule has 0 atom stereocenters. The molecule has 0 aliphatic rings. The highest BCUT2D eigenvalue weighted by molar-refractivity contribution is 5.20. The molecule has 0 aliphatic carbocycles. The van der Waals surface area contributed by atoms with Gasteiger partial charge >= 0.3 is 5.82 Å². The molecule has 0 bridgehead atoms. The Bertz CT molecular complexity index is 202. The summed E-state index contributed by atoms with van der Waals surface area (Å²) in [7, 11) is 0. The van der Waals surface area contributed by atoms with Crippen LogP contribution >= 0.6 is 0 Å². The third-order valence-electron chi connectivity index (χ3n) is 1.14. The van der Waals surface area contributed by atoms with Crippen LogP contribution in [0.2, 0.25) is 0 Å². The van der Waals surface area contributed by atoms with Gasteiger partial charge in [-0.2, -0.15) is 0 Å². The Hall–Kier alpha value is -1.12. The lowest BCUT2D eigenvalue weighted by Gasteiger charge is -1.90. The maximum absolute atomic E-state index is 12.5. The molecule has 3 heteroatoms. The summed E-state index contributed by atoms with van der Waals surface area (Å²) in [6.45, 7) is 1.65. The van der Waals surface area contributed by atoms with E-state index < -0.39 is 0 Å². The van der Waals surface area contributed by atoms with Gasteiger partial charge in [0.15, 0.2) is 0 Å². The van der Waals surface area contributed by atoms with Crippen LogP contribution in [0.25, 0.3) is 0 Å². The number of nitrogens with two attached hydrogens (primary N) is 1. The zero-order chi connectivity index (χ0) is 6.85. The molecular weight excluding hydrogens is 119 g/mol. The summed E-state index contributed by atoms with van der Waals surface area (Å²) in [5, 5.41) is 0. The lowest BCUT2D eigenvalue weighted by molar-refractivity contribution is -0.836. The molecule has 0 radical (unpaired) electrons. The molecule has 2 nitrogen and oxygen atoms in total. The zero-order valence-electron chi connectivity index (χ0n) is 5.13. The van der Waals surface area contributed by atoms with Crippen molar-refractivity contribution in [3.8, 4) is 0 Å². The van der Waals surface area contributed by atoms with Crippen molar-refractivity contribution in [3.05, 3.63) is 23.9 Å². The molecule has 0 unspecified atom stereocenters. The summed E-state index contributed by atoms with van der Waals surface area (Å²) < 4.78 is 12.5. The fourth-order valence-corrected chi connectivity index (χ4v) is 0.620. The van der Waals surface area contributed by atoms with Crippen LogP contribution in [0.5, 0.6) is 0 Å². The van der Waals surface area contributed by atoms with Gasteiger partial charge in [0, 0.05) is 17.5 Å². The number of rotatable bonds is 0. The second-order valence-electron chi connectivity index (χ2n) is 1.87. The number of nitrogen functional groups attached to an aromatic ring is 1. The molecule has 2 N–H and O–H groups in total. The molecule has 0 fully saturated rings. The minimum atomic E-state index is 0.134. The maximum Gasteiger partial charge on any atom is 0.308 e. The lowest BCUT2D eigenvalue weighted by atomic mass is 10.4. The predicted octanol–water partition coefficient (Wildman–Crippen LogP) is 0.597. The first-order valence-electron chi connectivity index (χ1n) is 2.65. The molecule has 0 amide bonds. The summed E-state index contributed by atoms with van der Waals surface area (Å²) in [5.41, 5.74) is 5.72. The van der Waals surface area contributed by atoms with Crippen molar-refractivity contribution >= 4 is 5.82 Å². The molecule has 1 aromatic heterocycles. The lowest BCUT2D eigenvalue weighted by Crippen LogP contribution is -2.30. The first-order chi connectivity index (χ1) is 4.22. The summed E-state index contributed by atoms with van der Waals surface area (Å²) in [5.74, 6) is 0.134. The number of aromatic nitrogens is 1. The highest BCUT2D eigenvalue weighted by Crippen LogP contribution is 1.95. The Morgan fingerprint density at radius 1 is 1.56 bits per heavy atom. The minimum Gasteiger partial charge on any atom is -0.284 e. The molecule has 48 valence electrons. The molecule has 0 aromatic carbocycles. The average molecular weight is 127 g/mol. The van der Waals surface area contributed by atoms with E-state index >= 15 is 0 Å². The van der Waals surface area contributed by atoms with Gasteiger partial charge in [-0.15, -0.1) is 0 Å². The topological polar surface area (TPSA) is 29.9 Å². The number of anilines is 1. The molecule has 0 saturated heterocycles. The quantitative estimate of drug-likeness (QED) is 0.543. The Kier molecular flexibility index (Phi) is 1.34. The van der Waals surface area contributed by atoms with Crippen molar-refractivity contribution in [2.45, 2.75) is 6.92 Å². The fourth-order valence-electron chi connectivity index (χ4n) is 0.620. The summed E-state index contributed by atoms with van der Waals surface area (Å²) in [6, 6.07) is 4.87. The van der Waals surface area contributed by atoms with Crippen molar-refractivity contribution in [3.63, 3.8) is 0 Å². The highest BCUT2D eigenvalue weighted by Gasteiger charge is 2.03. The van der Waals surface area contributed by atoms with E-state index in [1.54, 1.807) is 19.1 Å². The summed E-state index contributed by atoms with van der Waals surface area (Å²) in [4.78, 5) is 0.444. The molecule has 1 rings (SSSR count). The Morgan fingerprint density at radius 2 is 2.22 bits per heavy atom. The van der Waals surface area contributed by atoms with E-state index in [1.807, 2.05) is 0 Å². The first-order valence-corrected chi connectivity index (χ1v) is 2.65. The first kappa shape index (κ1) is 6.01. The van der Waals surface area contributed by atoms with Crippen LogP contribution in [0.1, 0.15) is 5.69 Å². The van der Waals surface area contributed by atoms with E-state index in [0.717, 1.165) is 0 Å². The van der Waals surface area contributed by atoms with E-state index in [4.69, 9.17) is 5.73 Å². The fraction of sp³-hybridized carbons (Fsp3) is 0.167. The van der Waals surface area contributed by atoms with Gasteiger partial charge in [-0.1, -0.05) is 6.07 Å². The van der Waals surface area contributed by atoms with E-state index in [0.29, 0.717) is 10.5 Å².